The summed E-state index contributed by atoms with van der Waals surface area (Å²) in [7, 11) is 0. The molecular formula is C22H19N3O. The van der Waals surface area contributed by atoms with Crippen molar-refractivity contribution in [3.63, 3.8) is 0 Å². The minimum atomic E-state index is -0.0804. The first-order valence-electron chi connectivity index (χ1n) is 8.53. The van der Waals surface area contributed by atoms with E-state index in [4.69, 9.17) is 0 Å². The van der Waals surface area contributed by atoms with Crippen molar-refractivity contribution >= 4 is 22.6 Å². The predicted molar refractivity (Wildman–Crippen MR) is 106 cm³/mol. The Morgan fingerprint density at radius 1 is 1.00 bits per heavy atom. The van der Waals surface area contributed by atoms with Crippen LogP contribution in [0.1, 0.15) is 12.5 Å². The molecule has 0 bridgehead atoms. The van der Waals surface area contributed by atoms with Crippen molar-refractivity contribution in [2.45, 2.75) is 13.8 Å². The molecule has 4 heteroatoms. The molecule has 0 radical (unpaired) electrons. The highest BCUT2D eigenvalue weighted by molar-refractivity contribution is 5.97. The molecule has 0 atom stereocenters. The third kappa shape index (κ3) is 2.97. The van der Waals surface area contributed by atoms with E-state index in [1.54, 1.807) is 0 Å². The number of hydrogen-bond acceptors (Lipinski definition) is 2. The number of carbonyl (C=O) groups excluding carboxylic acids is 1. The van der Waals surface area contributed by atoms with Gasteiger partial charge in [-0.15, -0.1) is 0 Å². The van der Waals surface area contributed by atoms with Gasteiger partial charge in [0.1, 0.15) is 5.65 Å². The third-order valence-electron chi connectivity index (χ3n) is 4.48. The van der Waals surface area contributed by atoms with Gasteiger partial charge in [-0.05, 0) is 41.8 Å². The summed E-state index contributed by atoms with van der Waals surface area (Å²) in [5.74, 6) is -0.0804. The topological polar surface area (TPSA) is 57.8 Å². The van der Waals surface area contributed by atoms with E-state index >= 15 is 0 Å². The van der Waals surface area contributed by atoms with E-state index in [0.717, 1.165) is 33.4 Å². The van der Waals surface area contributed by atoms with E-state index in [-0.39, 0.29) is 5.91 Å². The molecule has 0 spiro atoms. The number of aryl methyl sites for hydroxylation is 1. The van der Waals surface area contributed by atoms with Gasteiger partial charge in [0.15, 0.2) is 0 Å². The SMILES string of the molecule is CC(=O)Nc1cccc(-c2cnc3[nH]cc(-c4ccccc4C)c3c2)c1. The number of rotatable bonds is 3. The van der Waals surface area contributed by atoms with Crippen molar-refractivity contribution in [3.8, 4) is 22.3 Å². The zero-order valence-corrected chi connectivity index (χ0v) is 14.7. The molecule has 4 aromatic rings. The van der Waals surface area contributed by atoms with Gasteiger partial charge in [0, 0.05) is 41.5 Å². The van der Waals surface area contributed by atoms with Crippen LogP contribution in [0.2, 0.25) is 0 Å². The number of benzene rings is 2. The maximum Gasteiger partial charge on any atom is 0.221 e. The Hall–Kier alpha value is -3.40. The molecule has 0 fully saturated rings. The lowest BCUT2D eigenvalue weighted by Gasteiger charge is -2.07. The zero-order chi connectivity index (χ0) is 18.1. The Labute approximate surface area is 151 Å². The van der Waals surface area contributed by atoms with E-state index in [1.807, 2.05) is 42.7 Å². The van der Waals surface area contributed by atoms with Crippen molar-refractivity contribution in [1.29, 1.82) is 0 Å². The summed E-state index contributed by atoms with van der Waals surface area (Å²) in [5.41, 5.74) is 7.25. The molecule has 1 amide bonds. The van der Waals surface area contributed by atoms with Gasteiger partial charge in [0.2, 0.25) is 5.91 Å². The molecule has 2 aromatic carbocycles. The first-order chi connectivity index (χ1) is 12.6. The van der Waals surface area contributed by atoms with Crippen molar-refractivity contribution in [2.24, 2.45) is 0 Å². The summed E-state index contributed by atoms with van der Waals surface area (Å²) >= 11 is 0. The second-order valence-electron chi connectivity index (χ2n) is 6.40. The molecule has 2 heterocycles. The highest BCUT2D eigenvalue weighted by atomic mass is 16.1. The number of hydrogen-bond donors (Lipinski definition) is 2. The molecule has 0 aliphatic rings. The molecule has 2 aromatic heterocycles. The maximum absolute atomic E-state index is 11.3. The summed E-state index contributed by atoms with van der Waals surface area (Å²) in [6.07, 6.45) is 3.87. The first kappa shape index (κ1) is 16.1. The highest BCUT2D eigenvalue weighted by Gasteiger charge is 2.11. The number of fused-ring (bicyclic) bond motifs is 1. The molecule has 0 unspecified atom stereocenters. The van der Waals surface area contributed by atoms with E-state index in [2.05, 4.69) is 46.5 Å². The summed E-state index contributed by atoms with van der Waals surface area (Å²) in [6, 6.07) is 18.3. The Kier molecular flexibility index (Phi) is 4.01. The summed E-state index contributed by atoms with van der Waals surface area (Å²) in [5, 5.41) is 3.91. The number of H-pyrrole nitrogens is 1. The summed E-state index contributed by atoms with van der Waals surface area (Å²) < 4.78 is 0. The number of carbonyl (C=O) groups is 1. The molecule has 4 nitrogen and oxygen atoms in total. The van der Waals surface area contributed by atoms with Crippen LogP contribution < -0.4 is 5.32 Å². The summed E-state index contributed by atoms with van der Waals surface area (Å²) in [6.45, 7) is 3.62. The zero-order valence-electron chi connectivity index (χ0n) is 14.7. The first-order valence-corrected chi connectivity index (χ1v) is 8.53. The Morgan fingerprint density at radius 3 is 2.65 bits per heavy atom. The summed E-state index contributed by atoms with van der Waals surface area (Å²) in [4.78, 5) is 19.1. The molecule has 0 aliphatic heterocycles. The quantitative estimate of drug-likeness (QED) is 0.540. The van der Waals surface area contributed by atoms with Crippen LogP contribution in [0.4, 0.5) is 5.69 Å². The second kappa shape index (κ2) is 6.48. The molecule has 0 aliphatic carbocycles. The van der Waals surface area contributed by atoms with Crippen LogP contribution >= 0.6 is 0 Å². The van der Waals surface area contributed by atoms with Crippen LogP contribution in [0, 0.1) is 6.92 Å². The maximum atomic E-state index is 11.3. The lowest BCUT2D eigenvalue weighted by atomic mass is 9.99. The van der Waals surface area contributed by atoms with Gasteiger partial charge >= 0.3 is 0 Å². The van der Waals surface area contributed by atoms with Gasteiger partial charge in [-0.1, -0.05) is 36.4 Å². The number of aromatic amines is 1. The fraction of sp³-hybridized carbons (Fsp3) is 0.0909. The smallest absolute Gasteiger partial charge is 0.221 e. The Balaban J connectivity index is 1.82. The predicted octanol–water partition coefficient (Wildman–Crippen LogP) is 5.16. The Morgan fingerprint density at radius 2 is 1.85 bits per heavy atom. The fourth-order valence-corrected chi connectivity index (χ4v) is 3.24. The van der Waals surface area contributed by atoms with Gasteiger partial charge in [-0.2, -0.15) is 0 Å². The van der Waals surface area contributed by atoms with Crippen molar-refractivity contribution in [1.82, 2.24) is 9.97 Å². The second-order valence-corrected chi connectivity index (χ2v) is 6.40. The van der Waals surface area contributed by atoms with Crippen LogP contribution in [0.15, 0.2) is 67.0 Å². The van der Waals surface area contributed by atoms with Crippen LogP contribution in [-0.2, 0) is 4.79 Å². The van der Waals surface area contributed by atoms with Crippen LogP contribution in [-0.4, -0.2) is 15.9 Å². The lowest BCUT2D eigenvalue weighted by Crippen LogP contribution is -2.05. The number of nitrogens with zero attached hydrogens (tertiary/aromatic N) is 1. The van der Waals surface area contributed by atoms with Crippen molar-refractivity contribution in [2.75, 3.05) is 5.32 Å². The van der Waals surface area contributed by atoms with Gasteiger partial charge < -0.3 is 10.3 Å². The van der Waals surface area contributed by atoms with Crippen LogP contribution in [0.3, 0.4) is 0 Å². The molecule has 2 N–H and O–H groups in total. The number of aromatic nitrogens is 2. The van der Waals surface area contributed by atoms with Gasteiger partial charge in [0.05, 0.1) is 0 Å². The molecular weight excluding hydrogens is 322 g/mol. The number of nitrogens with one attached hydrogen (secondary N) is 2. The number of pyridine rings is 1. The Bertz CT molecular complexity index is 1110. The largest absolute Gasteiger partial charge is 0.346 e. The molecule has 0 saturated heterocycles. The van der Waals surface area contributed by atoms with E-state index < -0.39 is 0 Å². The lowest BCUT2D eigenvalue weighted by molar-refractivity contribution is -0.114. The standard InChI is InChI=1S/C22H19N3O/c1-14-6-3-4-9-19(14)21-13-24-22-20(21)11-17(12-23-22)16-7-5-8-18(10-16)25-15(2)26/h3-13H,1-2H3,(H,23,24)(H,25,26). The van der Waals surface area contributed by atoms with Gasteiger partial charge in [-0.3, -0.25) is 4.79 Å². The highest BCUT2D eigenvalue weighted by Crippen LogP contribution is 2.33. The molecule has 4 rings (SSSR count). The fourth-order valence-electron chi connectivity index (χ4n) is 3.24. The average Bonchev–Trinajstić information content (AvgIpc) is 3.05. The van der Waals surface area contributed by atoms with Gasteiger partial charge in [-0.25, -0.2) is 4.98 Å². The monoisotopic (exact) mass is 341 g/mol. The van der Waals surface area contributed by atoms with Gasteiger partial charge in [0.25, 0.3) is 0 Å². The van der Waals surface area contributed by atoms with E-state index in [1.165, 1.54) is 18.1 Å². The third-order valence-corrected chi connectivity index (χ3v) is 4.48. The minimum Gasteiger partial charge on any atom is -0.346 e. The van der Waals surface area contributed by atoms with Crippen LogP contribution in [0.25, 0.3) is 33.3 Å². The van der Waals surface area contributed by atoms with E-state index in [9.17, 15) is 4.79 Å². The number of anilines is 1. The van der Waals surface area contributed by atoms with Crippen molar-refractivity contribution < 1.29 is 4.79 Å². The van der Waals surface area contributed by atoms with E-state index in [0.29, 0.717) is 0 Å². The minimum absolute atomic E-state index is 0.0804. The molecule has 0 saturated carbocycles. The van der Waals surface area contributed by atoms with Crippen molar-refractivity contribution in [3.05, 3.63) is 72.6 Å². The number of amides is 1. The molecule has 26 heavy (non-hydrogen) atoms. The molecule has 128 valence electrons. The van der Waals surface area contributed by atoms with Crippen LogP contribution in [0.5, 0.6) is 0 Å². The normalized spacial score (nSPS) is 10.8. The average molecular weight is 341 g/mol.